The normalized spacial score (nSPS) is 11.7. The van der Waals surface area contributed by atoms with E-state index in [1.165, 1.54) is 64.2 Å². The van der Waals surface area contributed by atoms with Gasteiger partial charge in [0, 0.05) is 0 Å². The molecular formula is C16H34NO2+. The highest BCUT2D eigenvalue weighted by Crippen LogP contribution is 2.12. The van der Waals surface area contributed by atoms with Crippen molar-refractivity contribution in [3.8, 4) is 0 Å². The Labute approximate surface area is 119 Å². The lowest BCUT2D eigenvalue weighted by Gasteiger charge is -2.22. The number of hydrogen-bond donors (Lipinski definition) is 1. The fourth-order valence-corrected chi connectivity index (χ4v) is 2.27. The van der Waals surface area contributed by atoms with E-state index in [9.17, 15) is 4.79 Å². The monoisotopic (exact) mass is 272 g/mol. The highest BCUT2D eigenvalue weighted by molar-refractivity contribution is 5.56. The Balaban J connectivity index is 3.21. The Bertz CT molecular complexity index is 227. The second-order valence-electron chi connectivity index (χ2n) is 6.23. The van der Waals surface area contributed by atoms with Crippen molar-refractivity contribution < 1.29 is 14.4 Å². The van der Waals surface area contributed by atoms with Gasteiger partial charge in [-0.1, -0.05) is 64.7 Å². The van der Waals surface area contributed by atoms with Crippen LogP contribution in [0.15, 0.2) is 0 Å². The van der Waals surface area contributed by atoms with Crippen molar-refractivity contribution in [3.05, 3.63) is 0 Å². The number of quaternary nitrogens is 1. The van der Waals surface area contributed by atoms with Crippen molar-refractivity contribution in [1.29, 1.82) is 0 Å². The van der Waals surface area contributed by atoms with Crippen molar-refractivity contribution in [2.75, 3.05) is 20.6 Å². The minimum atomic E-state index is -0.730. The fourth-order valence-electron chi connectivity index (χ4n) is 2.27. The number of carbonyl (C=O) groups is 1. The fraction of sp³-hybridized carbons (Fsp3) is 0.938. The molecular weight excluding hydrogens is 238 g/mol. The molecule has 0 heterocycles. The molecule has 0 aliphatic rings. The molecule has 0 aromatic heterocycles. The van der Waals surface area contributed by atoms with Crippen LogP contribution in [0.4, 0.5) is 4.79 Å². The SMILES string of the molecule is CCCCCCCCCCCCC[N+](C)(C)C(=O)O. The van der Waals surface area contributed by atoms with E-state index in [0.29, 0.717) is 0 Å². The third-order valence-corrected chi connectivity index (χ3v) is 3.84. The standard InChI is InChI=1S/C16H33NO2/c1-4-5-6-7-8-9-10-11-12-13-14-15-17(2,3)16(18)19/h4-15H2,1-3H3/p+1. The molecule has 0 aliphatic heterocycles. The second kappa shape index (κ2) is 11.3. The van der Waals surface area contributed by atoms with E-state index < -0.39 is 6.09 Å². The van der Waals surface area contributed by atoms with Crippen LogP contribution in [0.25, 0.3) is 0 Å². The highest BCUT2D eigenvalue weighted by Gasteiger charge is 2.24. The molecule has 3 heteroatoms. The molecule has 0 aromatic rings. The van der Waals surface area contributed by atoms with Crippen LogP contribution in [-0.2, 0) is 0 Å². The van der Waals surface area contributed by atoms with Crippen LogP contribution in [0.5, 0.6) is 0 Å². The van der Waals surface area contributed by atoms with Gasteiger partial charge < -0.3 is 5.11 Å². The average Bonchev–Trinajstić information content (AvgIpc) is 2.35. The Morgan fingerprint density at radius 2 is 1.16 bits per heavy atom. The zero-order chi connectivity index (χ0) is 14.6. The van der Waals surface area contributed by atoms with E-state index in [1.54, 1.807) is 14.1 Å². The number of amides is 1. The van der Waals surface area contributed by atoms with Crippen LogP contribution in [0.2, 0.25) is 0 Å². The van der Waals surface area contributed by atoms with E-state index >= 15 is 0 Å². The van der Waals surface area contributed by atoms with Gasteiger partial charge in [0.05, 0.1) is 20.6 Å². The van der Waals surface area contributed by atoms with Crippen LogP contribution < -0.4 is 0 Å². The molecule has 0 rings (SSSR count). The molecule has 0 unspecified atom stereocenters. The summed E-state index contributed by atoms with van der Waals surface area (Å²) in [6.07, 6.45) is 13.7. The molecule has 0 spiro atoms. The van der Waals surface area contributed by atoms with Gasteiger partial charge in [-0.05, 0) is 12.8 Å². The van der Waals surface area contributed by atoms with Crippen molar-refractivity contribution in [3.63, 3.8) is 0 Å². The lowest BCUT2D eigenvalue weighted by atomic mass is 10.1. The molecule has 0 saturated heterocycles. The molecule has 0 aromatic carbocycles. The molecule has 0 bridgehead atoms. The average molecular weight is 272 g/mol. The number of hydrogen-bond acceptors (Lipinski definition) is 1. The van der Waals surface area contributed by atoms with Crippen LogP contribution in [-0.4, -0.2) is 36.3 Å². The predicted molar refractivity (Wildman–Crippen MR) is 81.5 cm³/mol. The zero-order valence-corrected chi connectivity index (χ0v) is 13.3. The first-order chi connectivity index (χ1) is 9.00. The lowest BCUT2D eigenvalue weighted by Crippen LogP contribution is -2.45. The summed E-state index contributed by atoms with van der Waals surface area (Å²) in [5, 5.41) is 8.97. The molecule has 1 amide bonds. The summed E-state index contributed by atoms with van der Waals surface area (Å²) in [4.78, 5) is 10.9. The number of carboxylic acid groups (broad SMARTS) is 1. The van der Waals surface area contributed by atoms with E-state index in [4.69, 9.17) is 5.11 Å². The number of nitrogens with zero attached hydrogens (tertiary/aromatic N) is 1. The van der Waals surface area contributed by atoms with E-state index in [0.717, 1.165) is 13.0 Å². The lowest BCUT2D eigenvalue weighted by molar-refractivity contribution is -0.816. The summed E-state index contributed by atoms with van der Waals surface area (Å²) < 4.78 is 0.0947. The maximum atomic E-state index is 10.9. The van der Waals surface area contributed by atoms with Gasteiger partial charge in [-0.2, -0.15) is 4.79 Å². The maximum Gasteiger partial charge on any atom is 0.513 e. The molecule has 0 fully saturated rings. The van der Waals surface area contributed by atoms with Gasteiger partial charge in [-0.25, -0.2) is 4.48 Å². The van der Waals surface area contributed by atoms with Crippen molar-refractivity contribution in [1.82, 2.24) is 0 Å². The Morgan fingerprint density at radius 3 is 1.53 bits per heavy atom. The van der Waals surface area contributed by atoms with Gasteiger partial charge in [0.15, 0.2) is 0 Å². The van der Waals surface area contributed by atoms with Gasteiger partial charge in [-0.3, -0.25) is 0 Å². The predicted octanol–water partition coefficient (Wildman–Crippen LogP) is 5.05. The zero-order valence-electron chi connectivity index (χ0n) is 13.3. The molecule has 0 radical (unpaired) electrons. The summed E-state index contributed by atoms with van der Waals surface area (Å²) >= 11 is 0. The summed E-state index contributed by atoms with van der Waals surface area (Å²) in [5.41, 5.74) is 0. The van der Waals surface area contributed by atoms with Crippen molar-refractivity contribution in [2.45, 2.75) is 77.6 Å². The largest absolute Gasteiger partial charge is 0.513 e. The molecule has 3 nitrogen and oxygen atoms in total. The molecule has 0 aliphatic carbocycles. The van der Waals surface area contributed by atoms with E-state index in [1.807, 2.05) is 0 Å². The summed E-state index contributed by atoms with van der Waals surface area (Å²) in [7, 11) is 3.53. The van der Waals surface area contributed by atoms with Crippen LogP contribution in [0.3, 0.4) is 0 Å². The molecule has 19 heavy (non-hydrogen) atoms. The number of rotatable bonds is 12. The third-order valence-electron chi connectivity index (χ3n) is 3.84. The Hall–Kier alpha value is -0.570. The molecule has 114 valence electrons. The third kappa shape index (κ3) is 11.0. The van der Waals surface area contributed by atoms with Gasteiger partial charge >= 0.3 is 6.09 Å². The Morgan fingerprint density at radius 1 is 0.789 bits per heavy atom. The van der Waals surface area contributed by atoms with Gasteiger partial charge in [0.1, 0.15) is 0 Å². The van der Waals surface area contributed by atoms with Gasteiger partial charge in [0.25, 0.3) is 0 Å². The summed E-state index contributed by atoms with van der Waals surface area (Å²) in [6.45, 7) is 3.00. The summed E-state index contributed by atoms with van der Waals surface area (Å²) in [5.74, 6) is 0. The van der Waals surface area contributed by atoms with Crippen molar-refractivity contribution in [2.24, 2.45) is 0 Å². The molecule has 0 saturated carbocycles. The minimum Gasteiger partial charge on any atom is -0.435 e. The maximum absolute atomic E-state index is 10.9. The van der Waals surface area contributed by atoms with Crippen LogP contribution in [0, 0.1) is 0 Å². The van der Waals surface area contributed by atoms with E-state index in [-0.39, 0.29) is 4.48 Å². The topological polar surface area (TPSA) is 37.3 Å². The minimum absolute atomic E-state index is 0.0947. The molecule has 0 atom stereocenters. The smallest absolute Gasteiger partial charge is 0.435 e. The van der Waals surface area contributed by atoms with Crippen LogP contribution >= 0.6 is 0 Å². The number of unbranched alkanes of at least 4 members (excludes halogenated alkanes) is 10. The first kappa shape index (κ1) is 18.4. The first-order valence-electron chi connectivity index (χ1n) is 8.07. The Kier molecular flexibility index (Phi) is 10.9. The van der Waals surface area contributed by atoms with Crippen molar-refractivity contribution >= 4 is 6.09 Å². The second-order valence-corrected chi connectivity index (χ2v) is 6.23. The van der Waals surface area contributed by atoms with Gasteiger partial charge in [-0.15, -0.1) is 0 Å². The van der Waals surface area contributed by atoms with Crippen LogP contribution in [0.1, 0.15) is 77.6 Å². The van der Waals surface area contributed by atoms with E-state index in [2.05, 4.69) is 6.92 Å². The van der Waals surface area contributed by atoms with Gasteiger partial charge in [0.2, 0.25) is 0 Å². The first-order valence-corrected chi connectivity index (χ1v) is 8.07. The highest BCUT2D eigenvalue weighted by atomic mass is 16.4. The summed E-state index contributed by atoms with van der Waals surface area (Å²) in [6, 6.07) is 0. The quantitative estimate of drug-likeness (QED) is 0.398. The molecule has 1 N–H and O–H groups in total.